The Balaban J connectivity index is 0.00000120. The maximum Gasteiger partial charge on any atom is 0.152 e. The molecular weight excluding hydrogens is 301 g/mol. The van der Waals surface area contributed by atoms with Gasteiger partial charge < -0.3 is 4.79 Å². The molecule has 0 atom stereocenters. The van der Waals surface area contributed by atoms with Crippen molar-refractivity contribution in [3.05, 3.63) is 70.3 Å². The minimum Gasteiger partial charge on any atom is -0.346 e. The molecule has 0 fully saturated rings. The molecule has 85 valence electrons. The van der Waals surface area contributed by atoms with Crippen molar-refractivity contribution >= 4 is 11.6 Å². The van der Waals surface area contributed by atoms with Crippen LogP contribution in [-0.2, 0) is 32.7 Å². The molecule has 1 aliphatic rings. The molecule has 18 heavy (non-hydrogen) atoms. The minimum atomic E-state index is -0.112. The van der Waals surface area contributed by atoms with Crippen LogP contribution in [0.2, 0.25) is 0 Å². The van der Waals surface area contributed by atoms with Crippen LogP contribution in [0.15, 0.2) is 36.4 Å². The average molecular weight is 310 g/mol. The molecule has 3 rings (SSSR count). The van der Waals surface area contributed by atoms with E-state index in [-0.39, 0.29) is 44.3 Å². The quantitative estimate of drug-likeness (QED) is 0.598. The van der Waals surface area contributed by atoms with Crippen molar-refractivity contribution in [2.45, 2.75) is 6.92 Å². The van der Waals surface area contributed by atoms with Gasteiger partial charge in [-0.3, -0.25) is 4.79 Å². The van der Waals surface area contributed by atoms with Crippen LogP contribution in [0, 0.1) is 13.0 Å². The van der Waals surface area contributed by atoms with E-state index in [0.29, 0.717) is 22.3 Å². The van der Waals surface area contributed by atoms with Crippen molar-refractivity contribution < 1.29 is 42.3 Å². The van der Waals surface area contributed by atoms with Crippen LogP contribution < -0.4 is 0 Å². The summed E-state index contributed by atoms with van der Waals surface area (Å²) in [4.78, 5) is 24.4. The fourth-order valence-corrected chi connectivity index (χ4v) is 2.13. The van der Waals surface area contributed by atoms with Gasteiger partial charge >= 0.3 is 0 Å². The number of hydrogen-bond donors (Lipinski definition) is 0. The van der Waals surface area contributed by atoms with Gasteiger partial charge in [-0.05, 0) is 5.56 Å². The molecule has 1 radical (unpaired) electrons. The molecule has 1 aliphatic carbocycles. The van der Waals surface area contributed by atoms with Crippen LogP contribution in [0.3, 0.4) is 0 Å². The van der Waals surface area contributed by atoms with Gasteiger partial charge in [-0.15, -0.1) is 23.8 Å². The van der Waals surface area contributed by atoms with Crippen molar-refractivity contribution in [2.24, 2.45) is 0 Å². The van der Waals surface area contributed by atoms with Gasteiger partial charge in [0.25, 0.3) is 0 Å². The molecule has 2 aromatic rings. The van der Waals surface area contributed by atoms with E-state index in [1.54, 1.807) is 36.4 Å². The van der Waals surface area contributed by atoms with Gasteiger partial charge in [-0.1, -0.05) is 42.3 Å². The second-order valence-corrected chi connectivity index (χ2v) is 4.13. The number of hydrogen-bond acceptors (Lipinski definition) is 2. The van der Waals surface area contributed by atoms with E-state index >= 15 is 0 Å². The van der Waals surface area contributed by atoms with Gasteiger partial charge in [0, 0.05) is 38.3 Å². The zero-order valence-corrected chi connectivity index (χ0v) is 12.7. The van der Waals surface area contributed by atoms with E-state index in [1.165, 1.54) is 0 Å². The Morgan fingerprint density at radius 2 is 1.44 bits per heavy atom. The predicted octanol–water partition coefficient (Wildman–Crippen LogP) is 2.57. The molecule has 0 amide bonds. The maximum atomic E-state index is 12.2. The SMILES string of the molecule is Cc1[c-]c2c(cc1)C(=O)c1ccccc1C2=O.[Y]. The van der Waals surface area contributed by atoms with Crippen LogP contribution in [0.1, 0.15) is 37.4 Å². The second-order valence-electron chi connectivity index (χ2n) is 4.13. The third kappa shape index (κ3) is 1.90. The second kappa shape index (κ2) is 4.87. The third-order valence-corrected chi connectivity index (χ3v) is 2.98. The molecular formula is C15H9O2Y-. The van der Waals surface area contributed by atoms with Crippen molar-refractivity contribution in [1.82, 2.24) is 0 Å². The Kier molecular flexibility index (Phi) is 3.60. The third-order valence-electron chi connectivity index (χ3n) is 2.98. The molecule has 0 saturated carbocycles. The number of ketones is 2. The van der Waals surface area contributed by atoms with Gasteiger partial charge in [-0.25, -0.2) is 0 Å². The van der Waals surface area contributed by atoms with E-state index in [2.05, 4.69) is 6.07 Å². The summed E-state index contributed by atoms with van der Waals surface area (Å²) < 4.78 is 0. The van der Waals surface area contributed by atoms with Gasteiger partial charge in [0.15, 0.2) is 5.78 Å². The number of carbonyl (C=O) groups is 2. The van der Waals surface area contributed by atoms with E-state index < -0.39 is 0 Å². The summed E-state index contributed by atoms with van der Waals surface area (Å²) in [5.74, 6) is -0.203. The zero-order chi connectivity index (χ0) is 12.0. The van der Waals surface area contributed by atoms with Crippen LogP contribution >= 0.6 is 0 Å². The molecule has 2 aromatic carbocycles. The van der Waals surface area contributed by atoms with Crippen LogP contribution in [0.4, 0.5) is 0 Å². The maximum absolute atomic E-state index is 12.2. The topological polar surface area (TPSA) is 34.1 Å². The standard InChI is InChI=1S/C15H9O2.Y/c1-9-6-7-12-13(8-9)15(17)11-5-3-2-4-10(11)14(12)16;/h2-7H,1H3;/q-1;. The first kappa shape index (κ1) is 13.3. The normalized spacial score (nSPS) is 12.5. The zero-order valence-electron chi connectivity index (χ0n) is 9.86. The summed E-state index contributed by atoms with van der Waals surface area (Å²) >= 11 is 0. The number of rotatable bonds is 0. The van der Waals surface area contributed by atoms with E-state index in [4.69, 9.17) is 0 Å². The van der Waals surface area contributed by atoms with E-state index in [0.717, 1.165) is 5.56 Å². The minimum absolute atomic E-state index is 0. The fraction of sp³-hybridized carbons (Fsp3) is 0.0667. The van der Waals surface area contributed by atoms with Crippen LogP contribution in [0.5, 0.6) is 0 Å². The number of benzene rings is 2. The summed E-state index contributed by atoms with van der Waals surface area (Å²) in [6.07, 6.45) is 0. The first-order valence-corrected chi connectivity index (χ1v) is 5.40. The fourth-order valence-electron chi connectivity index (χ4n) is 2.13. The molecule has 0 aromatic heterocycles. The largest absolute Gasteiger partial charge is 0.346 e. The molecule has 3 heteroatoms. The Labute approximate surface area is 130 Å². The predicted molar refractivity (Wildman–Crippen MR) is 63.3 cm³/mol. The number of carbonyl (C=O) groups excluding carboxylic acids is 2. The molecule has 2 nitrogen and oxygen atoms in total. The van der Waals surface area contributed by atoms with Gasteiger partial charge in [0.05, 0.1) is 0 Å². The Morgan fingerprint density at radius 3 is 2.11 bits per heavy atom. The van der Waals surface area contributed by atoms with Crippen molar-refractivity contribution in [2.75, 3.05) is 0 Å². The summed E-state index contributed by atoms with van der Waals surface area (Å²) in [5, 5.41) is 0. The van der Waals surface area contributed by atoms with E-state index in [1.807, 2.05) is 6.92 Å². The molecule has 0 saturated heterocycles. The monoisotopic (exact) mass is 310 g/mol. The molecule has 0 N–H and O–H groups in total. The Morgan fingerprint density at radius 1 is 0.833 bits per heavy atom. The van der Waals surface area contributed by atoms with Gasteiger partial charge in [-0.2, -0.15) is 0 Å². The first-order chi connectivity index (χ1) is 8.18. The summed E-state index contributed by atoms with van der Waals surface area (Å²) in [7, 11) is 0. The Hall–Kier alpha value is -1.12. The van der Waals surface area contributed by atoms with Crippen LogP contribution in [0.25, 0.3) is 0 Å². The molecule has 0 unspecified atom stereocenters. The first-order valence-electron chi connectivity index (χ1n) is 5.40. The molecule has 0 spiro atoms. The summed E-state index contributed by atoms with van der Waals surface area (Å²) in [6, 6.07) is 13.4. The van der Waals surface area contributed by atoms with Gasteiger partial charge in [0.2, 0.25) is 0 Å². The van der Waals surface area contributed by atoms with Crippen molar-refractivity contribution in [3.8, 4) is 0 Å². The molecule has 0 bridgehead atoms. The molecule has 0 aliphatic heterocycles. The average Bonchev–Trinajstić information content (AvgIpc) is 2.36. The molecule has 0 heterocycles. The summed E-state index contributed by atoms with van der Waals surface area (Å²) in [5.41, 5.74) is 2.69. The van der Waals surface area contributed by atoms with Crippen molar-refractivity contribution in [3.63, 3.8) is 0 Å². The van der Waals surface area contributed by atoms with Gasteiger partial charge in [0.1, 0.15) is 5.78 Å². The van der Waals surface area contributed by atoms with E-state index in [9.17, 15) is 9.59 Å². The van der Waals surface area contributed by atoms with Crippen molar-refractivity contribution in [1.29, 1.82) is 0 Å². The smallest absolute Gasteiger partial charge is 0.152 e. The Bertz CT molecular complexity index is 659. The van der Waals surface area contributed by atoms with Crippen LogP contribution in [-0.4, -0.2) is 11.6 Å². The number of fused-ring (bicyclic) bond motifs is 2. The summed E-state index contributed by atoms with van der Waals surface area (Å²) in [6.45, 7) is 1.86. The number of aryl methyl sites for hydroxylation is 1.